The number of carbonyl (C=O) groups excluding carboxylic acids is 2. The highest BCUT2D eigenvalue weighted by atomic mass is 79.9. The Morgan fingerprint density at radius 2 is 1.69 bits per heavy atom. The molecule has 0 saturated carbocycles. The number of nitrogens with one attached hydrogen (secondary N) is 1. The van der Waals surface area contributed by atoms with Gasteiger partial charge < -0.3 is 9.47 Å². The number of hydrogen-bond acceptors (Lipinski definition) is 5. The Labute approximate surface area is 219 Å². The number of rotatable bonds is 7. The van der Waals surface area contributed by atoms with E-state index in [1.807, 2.05) is 49.4 Å². The lowest BCUT2D eigenvalue weighted by atomic mass is 10.1. The minimum Gasteiger partial charge on any atom is -0.483 e. The molecule has 0 fully saturated rings. The SMILES string of the molecule is Cc1ccccc1C(=O)Oc1ccc(Br)cc1/C=N\NC(=O)COc1ccc2ccccc2c1Br. The van der Waals surface area contributed by atoms with Gasteiger partial charge in [-0.05, 0) is 69.5 Å². The first-order valence-corrected chi connectivity index (χ1v) is 12.2. The summed E-state index contributed by atoms with van der Waals surface area (Å²) in [5, 5.41) is 6.05. The van der Waals surface area contributed by atoms with E-state index in [4.69, 9.17) is 9.47 Å². The van der Waals surface area contributed by atoms with Gasteiger partial charge in [-0.25, -0.2) is 10.2 Å². The highest BCUT2D eigenvalue weighted by molar-refractivity contribution is 9.11. The van der Waals surface area contributed by atoms with Crippen molar-refractivity contribution in [1.29, 1.82) is 0 Å². The van der Waals surface area contributed by atoms with Crippen LogP contribution in [0.15, 0.2) is 92.9 Å². The first-order valence-electron chi connectivity index (χ1n) is 10.6. The molecule has 0 spiro atoms. The van der Waals surface area contributed by atoms with Gasteiger partial charge in [0, 0.05) is 10.0 Å². The summed E-state index contributed by atoms with van der Waals surface area (Å²) in [6.45, 7) is 1.62. The molecule has 35 heavy (non-hydrogen) atoms. The Bertz CT molecular complexity index is 1440. The van der Waals surface area contributed by atoms with E-state index < -0.39 is 11.9 Å². The van der Waals surface area contributed by atoms with Crippen molar-refractivity contribution < 1.29 is 19.1 Å². The van der Waals surface area contributed by atoms with Crippen LogP contribution in [0.4, 0.5) is 0 Å². The minimum atomic E-state index is -0.474. The Hall–Kier alpha value is -3.49. The van der Waals surface area contributed by atoms with Crippen LogP contribution in [0.2, 0.25) is 0 Å². The van der Waals surface area contributed by atoms with Crippen molar-refractivity contribution in [3.05, 3.63) is 104 Å². The molecule has 176 valence electrons. The van der Waals surface area contributed by atoms with Crippen molar-refractivity contribution >= 4 is 60.7 Å². The molecule has 0 unspecified atom stereocenters. The van der Waals surface area contributed by atoms with E-state index in [1.54, 1.807) is 36.4 Å². The number of halogens is 2. The van der Waals surface area contributed by atoms with Gasteiger partial charge in [-0.1, -0.05) is 64.5 Å². The lowest BCUT2D eigenvalue weighted by molar-refractivity contribution is -0.123. The van der Waals surface area contributed by atoms with E-state index in [0.717, 1.165) is 25.3 Å². The fraction of sp³-hybridized carbons (Fsp3) is 0.0741. The largest absolute Gasteiger partial charge is 0.483 e. The molecule has 8 heteroatoms. The summed E-state index contributed by atoms with van der Waals surface area (Å²) in [4.78, 5) is 24.9. The molecule has 4 aromatic rings. The zero-order valence-electron chi connectivity index (χ0n) is 18.6. The first-order chi connectivity index (χ1) is 16.9. The zero-order chi connectivity index (χ0) is 24.8. The molecule has 0 saturated heterocycles. The Kier molecular flexibility index (Phi) is 7.94. The average Bonchev–Trinajstić information content (AvgIpc) is 2.85. The van der Waals surface area contributed by atoms with Crippen molar-refractivity contribution in [3.8, 4) is 11.5 Å². The van der Waals surface area contributed by atoms with E-state index in [9.17, 15) is 9.59 Å². The normalized spacial score (nSPS) is 10.9. The summed E-state index contributed by atoms with van der Waals surface area (Å²) in [5.74, 6) is -0.0377. The second-order valence-electron chi connectivity index (χ2n) is 7.57. The molecule has 0 atom stereocenters. The fourth-order valence-corrected chi connectivity index (χ4v) is 4.33. The molecule has 4 aromatic carbocycles. The molecular formula is C27H20Br2N2O4. The number of hydrazone groups is 1. The molecule has 0 aromatic heterocycles. The third kappa shape index (κ3) is 6.15. The Morgan fingerprint density at radius 1 is 0.943 bits per heavy atom. The van der Waals surface area contributed by atoms with Crippen molar-refractivity contribution in [3.63, 3.8) is 0 Å². The van der Waals surface area contributed by atoms with Crippen LogP contribution in [0, 0.1) is 6.92 Å². The van der Waals surface area contributed by atoms with Gasteiger partial charge in [0.05, 0.1) is 16.3 Å². The number of amides is 1. The van der Waals surface area contributed by atoms with E-state index in [1.165, 1.54) is 6.21 Å². The molecule has 0 aliphatic carbocycles. The minimum absolute atomic E-state index is 0.220. The maximum atomic E-state index is 12.6. The van der Waals surface area contributed by atoms with E-state index in [0.29, 0.717) is 22.6 Å². The molecule has 0 aliphatic heterocycles. The second kappa shape index (κ2) is 11.3. The van der Waals surface area contributed by atoms with Crippen molar-refractivity contribution in [2.45, 2.75) is 6.92 Å². The zero-order valence-corrected chi connectivity index (χ0v) is 21.8. The Morgan fingerprint density at radius 3 is 2.51 bits per heavy atom. The third-order valence-electron chi connectivity index (χ3n) is 5.12. The molecule has 0 heterocycles. The molecule has 4 rings (SSSR count). The molecule has 1 N–H and O–H groups in total. The van der Waals surface area contributed by atoms with Gasteiger partial charge in [0.2, 0.25) is 0 Å². The second-order valence-corrected chi connectivity index (χ2v) is 9.28. The molecule has 0 radical (unpaired) electrons. The molecule has 1 amide bonds. The number of hydrogen-bond donors (Lipinski definition) is 1. The van der Waals surface area contributed by atoms with Crippen LogP contribution in [0.5, 0.6) is 11.5 Å². The van der Waals surface area contributed by atoms with Crippen LogP contribution >= 0.6 is 31.9 Å². The van der Waals surface area contributed by atoms with Gasteiger partial charge in [0.1, 0.15) is 11.5 Å². The highest BCUT2D eigenvalue weighted by Crippen LogP contribution is 2.33. The van der Waals surface area contributed by atoms with Crippen LogP contribution in [-0.2, 0) is 4.79 Å². The number of fused-ring (bicyclic) bond motifs is 1. The summed E-state index contributed by atoms with van der Waals surface area (Å²) in [6.07, 6.45) is 1.41. The van der Waals surface area contributed by atoms with Gasteiger partial charge >= 0.3 is 5.97 Å². The number of carbonyl (C=O) groups is 2. The van der Waals surface area contributed by atoms with Gasteiger partial charge in [-0.3, -0.25) is 4.79 Å². The van der Waals surface area contributed by atoms with E-state index in [-0.39, 0.29) is 6.61 Å². The standard InChI is InChI=1S/C27H20Br2N2O4/c1-17-6-2-4-8-21(17)27(33)35-23-13-11-20(28)14-19(23)15-30-31-25(32)16-34-24-12-10-18-7-3-5-9-22(18)26(24)29/h2-15H,16H2,1H3,(H,31,32)/b30-15-. The Balaban J connectivity index is 1.40. The van der Waals surface area contributed by atoms with Crippen LogP contribution in [0.1, 0.15) is 21.5 Å². The number of benzene rings is 4. The van der Waals surface area contributed by atoms with Crippen LogP contribution < -0.4 is 14.9 Å². The molecule has 0 bridgehead atoms. The maximum absolute atomic E-state index is 12.6. The summed E-state index contributed by atoms with van der Waals surface area (Å²) in [7, 11) is 0. The van der Waals surface area contributed by atoms with E-state index in [2.05, 4.69) is 42.4 Å². The monoisotopic (exact) mass is 594 g/mol. The number of aryl methyl sites for hydroxylation is 1. The number of ether oxygens (including phenoxy) is 2. The van der Waals surface area contributed by atoms with Crippen molar-refractivity contribution in [2.75, 3.05) is 6.61 Å². The fourth-order valence-electron chi connectivity index (χ4n) is 3.34. The third-order valence-corrected chi connectivity index (χ3v) is 6.43. The van der Waals surface area contributed by atoms with Gasteiger partial charge in [0.25, 0.3) is 5.91 Å². The lowest BCUT2D eigenvalue weighted by Gasteiger charge is -2.10. The quantitative estimate of drug-likeness (QED) is 0.116. The summed E-state index contributed by atoms with van der Waals surface area (Å²) >= 11 is 6.94. The van der Waals surface area contributed by atoms with Crippen LogP contribution in [0.25, 0.3) is 10.8 Å². The average molecular weight is 596 g/mol. The predicted molar refractivity (Wildman–Crippen MR) is 143 cm³/mol. The first kappa shape index (κ1) is 24.6. The lowest BCUT2D eigenvalue weighted by Crippen LogP contribution is -2.24. The molecule has 0 aliphatic rings. The van der Waals surface area contributed by atoms with Crippen LogP contribution in [-0.4, -0.2) is 24.7 Å². The predicted octanol–water partition coefficient (Wildman–Crippen LogP) is 6.42. The summed E-state index contributed by atoms with van der Waals surface area (Å²) in [6, 6.07) is 23.9. The van der Waals surface area contributed by atoms with Gasteiger partial charge in [0.15, 0.2) is 6.61 Å². The highest BCUT2D eigenvalue weighted by Gasteiger charge is 2.14. The maximum Gasteiger partial charge on any atom is 0.343 e. The summed E-state index contributed by atoms with van der Waals surface area (Å²) in [5.41, 5.74) is 4.24. The summed E-state index contributed by atoms with van der Waals surface area (Å²) < 4.78 is 12.8. The van der Waals surface area contributed by atoms with Crippen LogP contribution in [0.3, 0.4) is 0 Å². The molecule has 6 nitrogen and oxygen atoms in total. The van der Waals surface area contributed by atoms with Gasteiger partial charge in [-0.2, -0.15) is 5.10 Å². The van der Waals surface area contributed by atoms with Crippen molar-refractivity contribution in [1.82, 2.24) is 5.43 Å². The number of nitrogens with zero attached hydrogens (tertiary/aromatic N) is 1. The topological polar surface area (TPSA) is 77.0 Å². The smallest absolute Gasteiger partial charge is 0.343 e. The number of esters is 1. The van der Waals surface area contributed by atoms with Crippen molar-refractivity contribution in [2.24, 2.45) is 5.10 Å². The molecular weight excluding hydrogens is 576 g/mol. The van der Waals surface area contributed by atoms with Gasteiger partial charge in [-0.15, -0.1) is 0 Å². The van der Waals surface area contributed by atoms with E-state index >= 15 is 0 Å².